The quantitative estimate of drug-likeness (QED) is 0.774. The van der Waals surface area contributed by atoms with Gasteiger partial charge in [0.05, 0.1) is 6.04 Å². The average Bonchev–Trinajstić information content (AvgIpc) is 3.34. The molecule has 1 atom stereocenters. The predicted molar refractivity (Wildman–Crippen MR) is 118 cm³/mol. The van der Waals surface area contributed by atoms with Crippen LogP contribution in [0.15, 0.2) is 54.6 Å². The van der Waals surface area contributed by atoms with E-state index in [0.29, 0.717) is 44.2 Å². The van der Waals surface area contributed by atoms with E-state index < -0.39 is 0 Å². The molecule has 0 aromatic heterocycles. The Kier molecular flexibility index (Phi) is 6.97. The molecule has 5 nitrogen and oxygen atoms in total. The summed E-state index contributed by atoms with van der Waals surface area (Å²) >= 11 is 0. The fourth-order valence-electron chi connectivity index (χ4n) is 4.81. The van der Waals surface area contributed by atoms with Crippen molar-refractivity contribution in [2.75, 3.05) is 26.2 Å². The van der Waals surface area contributed by atoms with E-state index in [1.165, 1.54) is 25.0 Å². The lowest BCUT2D eigenvalue weighted by atomic mass is 9.94. The number of nitrogens with zero attached hydrogens (tertiary/aromatic N) is 2. The molecule has 1 aliphatic carbocycles. The molecule has 0 spiro atoms. The molecule has 2 fully saturated rings. The van der Waals surface area contributed by atoms with Crippen molar-refractivity contribution >= 4 is 11.8 Å². The van der Waals surface area contributed by atoms with E-state index in [9.17, 15) is 14.0 Å². The zero-order valence-electron chi connectivity index (χ0n) is 17.8. The van der Waals surface area contributed by atoms with Gasteiger partial charge in [0.25, 0.3) is 5.91 Å². The molecule has 31 heavy (non-hydrogen) atoms. The maximum absolute atomic E-state index is 13.2. The summed E-state index contributed by atoms with van der Waals surface area (Å²) in [5.41, 5.74) is 1.60. The average molecular weight is 424 g/mol. The van der Waals surface area contributed by atoms with Crippen LogP contribution in [0, 0.1) is 11.7 Å². The Morgan fingerprint density at radius 1 is 0.935 bits per heavy atom. The highest BCUT2D eigenvalue weighted by atomic mass is 19.1. The van der Waals surface area contributed by atoms with Crippen molar-refractivity contribution in [1.82, 2.24) is 15.1 Å². The Bertz CT molecular complexity index is 873. The third-order valence-corrected chi connectivity index (χ3v) is 6.51. The number of hydrogen-bond donors (Lipinski definition) is 1. The van der Waals surface area contributed by atoms with Crippen LogP contribution in [0.4, 0.5) is 4.39 Å². The Balaban J connectivity index is 1.38. The largest absolute Gasteiger partial charge is 0.351 e. The number of benzene rings is 2. The molecule has 1 unspecified atom stereocenters. The Labute approximate surface area is 183 Å². The normalized spacial score (nSPS) is 18.7. The van der Waals surface area contributed by atoms with Gasteiger partial charge < -0.3 is 10.2 Å². The van der Waals surface area contributed by atoms with E-state index >= 15 is 0 Å². The van der Waals surface area contributed by atoms with Gasteiger partial charge in [0.15, 0.2) is 0 Å². The SMILES string of the molecule is O=C(NCc1ccc(F)cc1)C(C1CCCC1)N1CCN(C(=O)c2ccccc2)CC1. The van der Waals surface area contributed by atoms with Crippen LogP contribution in [0.5, 0.6) is 0 Å². The van der Waals surface area contributed by atoms with Gasteiger partial charge in [-0.15, -0.1) is 0 Å². The summed E-state index contributed by atoms with van der Waals surface area (Å²) in [7, 11) is 0. The zero-order chi connectivity index (χ0) is 21.6. The number of carbonyl (C=O) groups is 2. The molecule has 2 amide bonds. The highest BCUT2D eigenvalue weighted by Gasteiger charge is 2.37. The molecule has 0 radical (unpaired) electrons. The summed E-state index contributed by atoms with van der Waals surface area (Å²) in [6, 6.07) is 15.4. The van der Waals surface area contributed by atoms with E-state index in [-0.39, 0.29) is 23.7 Å². The number of nitrogens with one attached hydrogen (secondary N) is 1. The van der Waals surface area contributed by atoms with Crippen LogP contribution in [0.25, 0.3) is 0 Å². The van der Waals surface area contributed by atoms with Crippen molar-refractivity contribution in [1.29, 1.82) is 0 Å². The Morgan fingerprint density at radius 3 is 2.23 bits per heavy atom. The first kappa shape index (κ1) is 21.5. The van der Waals surface area contributed by atoms with Gasteiger partial charge >= 0.3 is 0 Å². The van der Waals surface area contributed by atoms with Gasteiger partial charge in [0.1, 0.15) is 5.82 Å². The number of hydrogen-bond acceptors (Lipinski definition) is 3. The number of carbonyl (C=O) groups excluding carboxylic acids is 2. The molecule has 0 bridgehead atoms. The van der Waals surface area contributed by atoms with Crippen molar-refractivity contribution in [2.24, 2.45) is 5.92 Å². The van der Waals surface area contributed by atoms with Gasteiger partial charge in [-0.25, -0.2) is 4.39 Å². The van der Waals surface area contributed by atoms with Crippen LogP contribution >= 0.6 is 0 Å². The Hall–Kier alpha value is -2.73. The highest BCUT2D eigenvalue weighted by Crippen LogP contribution is 2.31. The topological polar surface area (TPSA) is 52.7 Å². The molecule has 1 saturated heterocycles. The van der Waals surface area contributed by atoms with E-state index in [0.717, 1.165) is 18.4 Å². The van der Waals surface area contributed by atoms with Crippen LogP contribution in [-0.2, 0) is 11.3 Å². The summed E-state index contributed by atoms with van der Waals surface area (Å²) in [4.78, 5) is 30.1. The molecule has 2 aromatic rings. The molecule has 1 N–H and O–H groups in total. The first-order valence-electron chi connectivity index (χ1n) is 11.2. The molecule has 4 rings (SSSR count). The lowest BCUT2D eigenvalue weighted by Crippen LogP contribution is -2.57. The Morgan fingerprint density at radius 2 is 1.58 bits per heavy atom. The van der Waals surface area contributed by atoms with Crippen LogP contribution < -0.4 is 5.32 Å². The molecular formula is C25H30FN3O2. The van der Waals surface area contributed by atoms with Crippen LogP contribution in [0.3, 0.4) is 0 Å². The summed E-state index contributed by atoms with van der Waals surface area (Å²) in [6.45, 7) is 3.05. The van der Waals surface area contributed by atoms with Crippen molar-refractivity contribution in [3.63, 3.8) is 0 Å². The molecule has 164 valence electrons. The summed E-state index contributed by atoms with van der Waals surface area (Å²) < 4.78 is 13.1. The van der Waals surface area contributed by atoms with Crippen molar-refractivity contribution in [3.05, 3.63) is 71.5 Å². The first-order chi connectivity index (χ1) is 15.1. The number of halogens is 1. The highest BCUT2D eigenvalue weighted by molar-refractivity contribution is 5.94. The molecule has 2 aromatic carbocycles. The van der Waals surface area contributed by atoms with Gasteiger partial charge in [0, 0.05) is 38.3 Å². The number of rotatable bonds is 6. The molecule has 1 heterocycles. The van der Waals surface area contributed by atoms with Crippen molar-refractivity contribution in [2.45, 2.75) is 38.3 Å². The van der Waals surface area contributed by atoms with Gasteiger partial charge in [-0.1, -0.05) is 43.2 Å². The first-order valence-corrected chi connectivity index (χ1v) is 11.2. The van der Waals surface area contributed by atoms with Gasteiger partial charge in [0.2, 0.25) is 5.91 Å². The molecule has 6 heteroatoms. The zero-order valence-corrected chi connectivity index (χ0v) is 17.8. The van der Waals surface area contributed by atoms with Crippen LogP contribution in [-0.4, -0.2) is 53.8 Å². The second kappa shape index (κ2) is 10.1. The molecule has 1 aliphatic heterocycles. The maximum Gasteiger partial charge on any atom is 0.253 e. The number of piperazine rings is 1. The molecule has 1 saturated carbocycles. The van der Waals surface area contributed by atoms with E-state index in [1.807, 2.05) is 35.2 Å². The van der Waals surface area contributed by atoms with Crippen LogP contribution in [0.1, 0.15) is 41.6 Å². The van der Waals surface area contributed by atoms with Crippen LogP contribution in [0.2, 0.25) is 0 Å². The smallest absolute Gasteiger partial charge is 0.253 e. The minimum absolute atomic E-state index is 0.0408. The second-order valence-electron chi connectivity index (χ2n) is 8.53. The fourth-order valence-corrected chi connectivity index (χ4v) is 4.81. The summed E-state index contributed by atoms with van der Waals surface area (Å²) in [5, 5.41) is 3.07. The third kappa shape index (κ3) is 5.31. The van der Waals surface area contributed by atoms with E-state index in [2.05, 4.69) is 10.2 Å². The fraction of sp³-hybridized carbons (Fsp3) is 0.440. The lowest BCUT2D eigenvalue weighted by Gasteiger charge is -2.40. The maximum atomic E-state index is 13.2. The van der Waals surface area contributed by atoms with Crippen molar-refractivity contribution < 1.29 is 14.0 Å². The van der Waals surface area contributed by atoms with Gasteiger partial charge in [-0.2, -0.15) is 0 Å². The second-order valence-corrected chi connectivity index (χ2v) is 8.53. The third-order valence-electron chi connectivity index (χ3n) is 6.51. The molecule has 2 aliphatic rings. The minimum Gasteiger partial charge on any atom is -0.351 e. The summed E-state index contributed by atoms with van der Waals surface area (Å²) in [5.74, 6) is 0.170. The van der Waals surface area contributed by atoms with E-state index in [1.54, 1.807) is 12.1 Å². The van der Waals surface area contributed by atoms with E-state index in [4.69, 9.17) is 0 Å². The van der Waals surface area contributed by atoms with Gasteiger partial charge in [-0.05, 0) is 48.6 Å². The monoisotopic (exact) mass is 423 g/mol. The molecular weight excluding hydrogens is 393 g/mol. The standard InChI is InChI=1S/C25H30FN3O2/c26-22-12-10-19(11-13-22)18-27-24(30)23(20-6-4-5-7-20)28-14-16-29(17-15-28)25(31)21-8-2-1-3-9-21/h1-3,8-13,20,23H,4-7,14-18H2,(H,27,30). The summed E-state index contributed by atoms with van der Waals surface area (Å²) in [6.07, 6.45) is 4.47. The predicted octanol–water partition coefficient (Wildman–Crippen LogP) is 3.46. The number of amides is 2. The minimum atomic E-state index is -0.276. The van der Waals surface area contributed by atoms with Crippen molar-refractivity contribution in [3.8, 4) is 0 Å². The lowest BCUT2D eigenvalue weighted by molar-refractivity contribution is -0.129. The van der Waals surface area contributed by atoms with Gasteiger partial charge in [-0.3, -0.25) is 14.5 Å².